The van der Waals surface area contributed by atoms with Crippen molar-refractivity contribution in [3.63, 3.8) is 0 Å². The average molecular weight is 571 g/mol. The molecule has 0 aliphatic rings. The molecule has 0 saturated heterocycles. The zero-order chi connectivity index (χ0) is 29.7. The molecular formula is C32H50N4O5. The first-order valence-electron chi connectivity index (χ1n) is 14.4. The Morgan fingerprint density at radius 2 is 1.61 bits per heavy atom. The summed E-state index contributed by atoms with van der Waals surface area (Å²) < 4.78 is 22.3. The van der Waals surface area contributed by atoms with Gasteiger partial charge in [-0.3, -0.25) is 0 Å². The van der Waals surface area contributed by atoms with E-state index in [1.807, 2.05) is 56.3 Å². The van der Waals surface area contributed by atoms with E-state index in [1.54, 1.807) is 0 Å². The number of nitrogens with zero attached hydrogens (tertiary/aromatic N) is 2. The van der Waals surface area contributed by atoms with E-state index in [-0.39, 0.29) is 21.9 Å². The summed E-state index contributed by atoms with van der Waals surface area (Å²) in [6, 6.07) is 14.1. The molecule has 228 valence electrons. The summed E-state index contributed by atoms with van der Waals surface area (Å²) in [7, 11) is 0. The van der Waals surface area contributed by atoms with Crippen LogP contribution in [0.1, 0.15) is 48.6 Å². The van der Waals surface area contributed by atoms with Crippen LogP contribution in [0.2, 0.25) is 0 Å². The van der Waals surface area contributed by atoms with Gasteiger partial charge in [-0.15, -0.1) is 5.11 Å². The summed E-state index contributed by atoms with van der Waals surface area (Å²) in [5, 5.41) is 14.8. The van der Waals surface area contributed by atoms with Crippen LogP contribution >= 0.6 is 0 Å². The highest BCUT2D eigenvalue weighted by atomic mass is 16.6. The number of azo groups is 1. The predicted molar refractivity (Wildman–Crippen MR) is 167 cm³/mol. The molecule has 0 spiro atoms. The van der Waals surface area contributed by atoms with Crippen molar-refractivity contribution in [3.8, 4) is 17.6 Å². The number of alkyl carbamates (subject to hydrolysis) is 1. The monoisotopic (exact) mass is 570 g/mol. The number of carbonyl (C=O) groups is 1. The Hall–Kier alpha value is -3.45. The second-order valence-electron chi connectivity index (χ2n) is 9.92. The summed E-state index contributed by atoms with van der Waals surface area (Å²) in [4.78, 5) is 11.7. The Morgan fingerprint density at radius 1 is 0.902 bits per heavy atom. The third-order valence-electron chi connectivity index (χ3n) is 5.63. The Bertz CT molecular complexity index is 1120. The summed E-state index contributed by atoms with van der Waals surface area (Å²) >= 11 is 0. The van der Waals surface area contributed by atoms with Gasteiger partial charge in [0.05, 0.1) is 45.3 Å². The van der Waals surface area contributed by atoms with Gasteiger partial charge in [-0.1, -0.05) is 64.7 Å². The minimum Gasteiger partial charge on any atom is -0.489 e. The van der Waals surface area contributed by atoms with Gasteiger partial charge in [0, 0.05) is 27.8 Å². The van der Waals surface area contributed by atoms with Gasteiger partial charge in [-0.05, 0) is 41.8 Å². The number of aryl methyl sites for hydroxylation is 1. The van der Waals surface area contributed by atoms with Crippen LogP contribution in [-0.4, -0.2) is 64.9 Å². The van der Waals surface area contributed by atoms with Crippen molar-refractivity contribution in [3.05, 3.63) is 53.6 Å². The molecule has 0 atom stereocenters. The van der Waals surface area contributed by atoms with Crippen LogP contribution in [0.15, 0.2) is 52.7 Å². The maximum Gasteiger partial charge on any atom is 0.407 e. The maximum absolute atomic E-state index is 11.7. The van der Waals surface area contributed by atoms with Crippen molar-refractivity contribution in [2.24, 2.45) is 16.1 Å². The number of carbonyl (C=O) groups excluding carboxylic acids is 1. The van der Waals surface area contributed by atoms with Crippen LogP contribution < -0.4 is 15.4 Å². The fourth-order valence-electron chi connectivity index (χ4n) is 3.46. The zero-order valence-corrected chi connectivity index (χ0v) is 25.2. The van der Waals surface area contributed by atoms with Crippen molar-refractivity contribution < 1.29 is 26.6 Å². The van der Waals surface area contributed by atoms with Crippen molar-refractivity contribution in [1.82, 2.24) is 10.6 Å². The topological polar surface area (TPSA) is 103 Å². The Kier molecular flexibility index (Phi) is 16.8. The molecule has 2 rings (SSSR count). The van der Waals surface area contributed by atoms with E-state index < -0.39 is 6.09 Å². The van der Waals surface area contributed by atoms with E-state index in [0.717, 1.165) is 29.8 Å². The lowest BCUT2D eigenvalue weighted by Crippen LogP contribution is -2.27. The molecule has 0 radical (unpaired) electrons. The standard InChI is InChI=1S/C32H46N4O5.2H2/c1-6-27-11-14-31(40-23-22-39-21-20-38-19-17-33-26(4)5)30(24-27)36-35-29-12-9-28(10-13-29)15-18-41-32(37)34-16-7-8-25(2)3;;/h9-14,24-26,33H,6,15-23H2,1-5H3,(H,34,37);2*1H. The third-order valence-corrected chi connectivity index (χ3v) is 5.63. The molecule has 0 unspecified atom stereocenters. The molecule has 1 amide bonds. The summed E-state index contributed by atoms with van der Waals surface area (Å²) in [5.41, 5.74) is 3.58. The molecule has 41 heavy (non-hydrogen) atoms. The minimum atomic E-state index is -0.466. The highest BCUT2D eigenvalue weighted by molar-refractivity contribution is 5.67. The van der Waals surface area contributed by atoms with E-state index >= 15 is 0 Å². The summed E-state index contributed by atoms with van der Waals surface area (Å²) in [6.07, 6.45) is 1.02. The molecule has 0 bridgehead atoms. The first-order valence-corrected chi connectivity index (χ1v) is 14.4. The van der Waals surface area contributed by atoms with Crippen molar-refractivity contribution in [1.29, 1.82) is 0 Å². The van der Waals surface area contributed by atoms with Gasteiger partial charge in [0.25, 0.3) is 0 Å². The molecule has 9 nitrogen and oxygen atoms in total. The zero-order valence-electron chi connectivity index (χ0n) is 25.2. The van der Waals surface area contributed by atoms with Crippen LogP contribution in [0.3, 0.4) is 0 Å². The van der Waals surface area contributed by atoms with E-state index in [9.17, 15) is 4.79 Å². The second-order valence-corrected chi connectivity index (χ2v) is 9.92. The van der Waals surface area contributed by atoms with E-state index in [0.29, 0.717) is 56.9 Å². The van der Waals surface area contributed by atoms with Gasteiger partial charge in [0.2, 0.25) is 0 Å². The maximum atomic E-state index is 11.7. The summed E-state index contributed by atoms with van der Waals surface area (Å²) in [6.45, 7) is 14.3. The van der Waals surface area contributed by atoms with E-state index in [4.69, 9.17) is 18.9 Å². The smallest absolute Gasteiger partial charge is 0.407 e. The molecule has 0 aromatic heterocycles. The first-order chi connectivity index (χ1) is 19.9. The number of rotatable bonds is 18. The van der Waals surface area contributed by atoms with Crippen LogP contribution in [0.25, 0.3) is 0 Å². The molecule has 2 aromatic rings. The van der Waals surface area contributed by atoms with Gasteiger partial charge in [-0.2, -0.15) is 5.11 Å². The second kappa shape index (κ2) is 20.4. The highest BCUT2D eigenvalue weighted by Gasteiger charge is 2.06. The lowest BCUT2D eigenvalue weighted by molar-refractivity contribution is 0.0370. The van der Waals surface area contributed by atoms with Crippen LogP contribution in [0.4, 0.5) is 16.2 Å². The van der Waals surface area contributed by atoms with Crippen molar-refractivity contribution in [2.75, 3.05) is 52.7 Å². The Balaban J connectivity index is 0.00000882. The van der Waals surface area contributed by atoms with Crippen LogP contribution in [-0.2, 0) is 27.1 Å². The van der Waals surface area contributed by atoms with Crippen LogP contribution in [0.5, 0.6) is 5.75 Å². The normalized spacial score (nSPS) is 11.1. The molecule has 0 saturated carbocycles. The third kappa shape index (κ3) is 15.8. The number of amides is 1. The van der Waals surface area contributed by atoms with Crippen molar-refractivity contribution >= 4 is 17.5 Å². The minimum absolute atomic E-state index is 0. The molecule has 0 fully saturated rings. The number of ether oxygens (including phenoxy) is 4. The van der Waals surface area contributed by atoms with Gasteiger partial charge in [0.15, 0.2) is 0 Å². The summed E-state index contributed by atoms with van der Waals surface area (Å²) in [5.74, 6) is 6.81. The fraction of sp³-hybridized carbons (Fsp3) is 0.531. The largest absolute Gasteiger partial charge is 0.489 e. The first kappa shape index (κ1) is 33.8. The average Bonchev–Trinajstić information content (AvgIpc) is 2.96. The lowest BCUT2D eigenvalue weighted by atomic mass is 10.1. The number of nitrogens with one attached hydrogen (secondary N) is 2. The van der Waals surface area contributed by atoms with Crippen LogP contribution in [0, 0.1) is 17.8 Å². The number of benzene rings is 2. The fourth-order valence-corrected chi connectivity index (χ4v) is 3.46. The molecular weight excluding hydrogens is 520 g/mol. The van der Waals surface area contributed by atoms with Crippen molar-refractivity contribution in [2.45, 2.75) is 53.5 Å². The molecule has 0 aliphatic carbocycles. The molecule has 9 heteroatoms. The lowest BCUT2D eigenvalue weighted by Gasteiger charge is -2.11. The number of hydrogen-bond donors (Lipinski definition) is 2. The Morgan fingerprint density at radius 3 is 2.32 bits per heavy atom. The predicted octanol–water partition coefficient (Wildman–Crippen LogP) is 6.49. The van der Waals surface area contributed by atoms with Gasteiger partial charge >= 0.3 is 6.09 Å². The quantitative estimate of drug-likeness (QED) is 0.121. The molecule has 0 heterocycles. The SMILES string of the molecule is CCc1ccc(OCCOCCOCCNC(C)C)c(N=Nc2ccc(CCOC(=O)NCC#CC(C)C)cc2)c1.[HH].[HH]. The van der Waals surface area contributed by atoms with Gasteiger partial charge in [0.1, 0.15) is 18.0 Å². The van der Waals surface area contributed by atoms with Gasteiger partial charge in [-0.25, -0.2) is 4.79 Å². The Labute approximate surface area is 248 Å². The molecule has 0 aliphatic heterocycles. The molecule has 2 aromatic carbocycles. The van der Waals surface area contributed by atoms with Gasteiger partial charge < -0.3 is 29.6 Å². The molecule has 2 N–H and O–H groups in total. The number of hydrogen-bond acceptors (Lipinski definition) is 8. The van der Waals surface area contributed by atoms with E-state index in [1.165, 1.54) is 0 Å². The highest BCUT2D eigenvalue weighted by Crippen LogP contribution is 2.31. The van der Waals surface area contributed by atoms with E-state index in [2.05, 4.69) is 53.5 Å².